The predicted molar refractivity (Wildman–Crippen MR) is 125 cm³/mol. The Balaban J connectivity index is 2.08. The molecular weight excluding hydrogens is 392 g/mol. The molecule has 0 saturated carbocycles. The van der Waals surface area contributed by atoms with Gasteiger partial charge in [0.15, 0.2) is 5.69 Å². The smallest absolute Gasteiger partial charge is 0.330 e. The zero-order valence-electron chi connectivity index (χ0n) is 18.8. The van der Waals surface area contributed by atoms with E-state index in [4.69, 9.17) is 5.73 Å². The van der Waals surface area contributed by atoms with Crippen molar-refractivity contribution < 1.29 is 4.79 Å². The Morgan fingerprint density at radius 1 is 1.29 bits per heavy atom. The highest BCUT2D eigenvalue weighted by Crippen LogP contribution is 2.34. The highest BCUT2D eigenvalue weighted by molar-refractivity contribution is 6.00. The number of aromatic amines is 1. The third-order valence-electron chi connectivity index (χ3n) is 6.08. The molecule has 0 bridgehead atoms. The third kappa shape index (κ3) is 4.92. The molecule has 0 fully saturated rings. The molecule has 7 heteroatoms. The summed E-state index contributed by atoms with van der Waals surface area (Å²) in [5, 5.41) is 0. The molecule has 1 heterocycles. The molecule has 1 aromatic carbocycles. The van der Waals surface area contributed by atoms with Crippen molar-refractivity contribution in [2.24, 2.45) is 5.92 Å². The number of nitrogens with one attached hydrogen (secondary N) is 1. The number of H-pyrrole nitrogens is 1. The van der Waals surface area contributed by atoms with Gasteiger partial charge in [0.05, 0.1) is 5.92 Å². The summed E-state index contributed by atoms with van der Waals surface area (Å²) in [5.74, 6) is -0.0127. The van der Waals surface area contributed by atoms with Gasteiger partial charge in [-0.3, -0.25) is 19.1 Å². The SMILES string of the molecule is CCCCn1c(N)c(N(CCC(C)C)C(=O)C2CCCc3ccccc32)c(=O)[nH]c1=O. The minimum Gasteiger partial charge on any atom is -0.383 e. The standard InChI is InChI=1S/C24H34N4O3/c1-4-5-14-28-21(25)20(22(29)26-24(28)31)27(15-13-16(2)3)23(30)19-12-8-10-17-9-6-7-11-18(17)19/h6-7,9,11,16,19H,4-5,8,10,12-15,25H2,1-3H3,(H,26,29,31). The van der Waals surface area contributed by atoms with Crippen molar-refractivity contribution in [3.8, 4) is 0 Å². The van der Waals surface area contributed by atoms with E-state index in [1.165, 1.54) is 15.0 Å². The van der Waals surface area contributed by atoms with E-state index in [2.05, 4.69) is 24.9 Å². The van der Waals surface area contributed by atoms with Crippen LogP contribution in [0.4, 0.5) is 11.5 Å². The first-order valence-corrected chi connectivity index (χ1v) is 11.4. The zero-order chi connectivity index (χ0) is 22.5. The van der Waals surface area contributed by atoms with Crippen LogP contribution in [0.15, 0.2) is 33.9 Å². The number of rotatable bonds is 8. The Hall–Kier alpha value is -2.83. The van der Waals surface area contributed by atoms with Gasteiger partial charge in [0.1, 0.15) is 5.82 Å². The number of anilines is 2. The number of fused-ring (bicyclic) bond motifs is 1. The number of aryl methyl sites for hydroxylation is 1. The fourth-order valence-electron chi connectivity index (χ4n) is 4.29. The molecule has 2 aromatic rings. The fraction of sp³-hybridized carbons (Fsp3) is 0.542. The number of amides is 1. The van der Waals surface area contributed by atoms with Gasteiger partial charge in [0.25, 0.3) is 5.56 Å². The van der Waals surface area contributed by atoms with Gasteiger partial charge in [-0.25, -0.2) is 4.79 Å². The van der Waals surface area contributed by atoms with Gasteiger partial charge in [-0.1, -0.05) is 51.5 Å². The maximum atomic E-state index is 13.8. The maximum absolute atomic E-state index is 13.8. The molecule has 3 N–H and O–H groups in total. The minimum absolute atomic E-state index is 0.0726. The zero-order valence-corrected chi connectivity index (χ0v) is 18.8. The predicted octanol–water partition coefficient (Wildman–Crippen LogP) is 3.42. The van der Waals surface area contributed by atoms with E-state index >= 15 is 0 Å². The number of benzene rings is 1. The summed E-state index contributed by atoms with van der Waals surface area (Å²) in [6.07, 6.45) is 4.99. The summed E-state index contributed by atoms with van der Waals surface area (Å²) in [4.78, 5) is 43.0. The van der Waals surface area contributed by atoms with Gasteiger partial charge >= 0.3 is 5.69 Å². The topological polar surface area (TPSA) is 101 Å². The highest BCUT2D eigenvalue weighted by atomic mass is 16.2. The summed E-state index contributed by atoms with van der Waals surface area (Å²) in [7, 11) is 0. The average Bonchev–Trinajstić information content (AvgIpc) is 2.74. The third-order valence-corrected chi connectivity index (χ3v) is 6.08. The molecule has 0 saturated heterocycles. The van der Waals surface area contributed by atoms with E-state index in [0.717, 1.165) is 44.1 Å². The molecule has 3 rings (SSSR count). The Kier molecular flexibility index (Phi) is 7.36. The normalized spacial score (nSPS) is 15.7. The van der Waals surface area contributed by atoms with E-state index in [0.29, 0.717) is 19.0 Å². The number of hydrogen-bond donors (Lipinski definition) is 2. The molecule has 168 valence electrons. The second kappa shape index (κ2) is 9.98. The van der Waals surface area contributed by atoms with Crippen molar-refractivity contribution >= 4 is 17.4 Å². The van der Waals surface area contributed by atoms with E-state index in [1.807, 2.05) is 25.1 Å². The number of aromatic nitrogens is 2. The van der Waals surface area contributed by atoms with Gasteiger partial charge in [-0.15, -0.1) is 0 Å². The van der Waals surface area contributed by atoms with Crippen LogP contribution in [0.5, 0.6) is 0 Å². The van der Waals surface area contributed by atoms with Gasteiger partial charge < -0.3 is 10.6 Å². The van der Waals surface area contributed by atoms with Gasteiger partial charge in [0, 0.05) is 13.1 Å². The molecule has 1 aliphatic rings. The number of nitrogens with two attached hydrogens (primary N) is 1. The molecule has 1 amide bonds. The van der Waals surface area contributed by atoms with Crippen molar-refractivity contribution in [1.82, 2.24) is 9.55 Å². The summed E-state index contributed by atoms with van der Waals surface area (Å²) >= 11 is 0. The molecular formula is C24H34N4O3. The lowest BCUT2D eigenvalue weighted by Gasteiger charge is -2.31. The summed E-state index contributed by atoms with van der Waals surface area (Å²) < 4.78 is 1.38. The Morgan fingerprint density at radius 2 is 2.03 bits per heavy atom. The number of nitrogen functional groups attached to an aromatic ring is 1. The second-order valence-electron chi connectivity index (χ2n) is 8.81. The lowest BCUT2D eigenvalue weighted by Crippen LogP contribution is -2.44. The molecule has 0 aliphatic heterocycles. The second-order valence-corrected chi connectivity index (χ2v) is 8.81. The van der Waals surface area contributed by atoms with Crippen LogP contribution in [-0.2, 0) is 17.8 Å². The van der Waals surface area contributed by atoms with Crippen LogP contribution in [0, 0.1) is 5.92 Å². The molecule has 0 radical (unpaired) electrons. The number of carbonyl (C=O) groups excluding carboxylic acids is 1. The quantitative estimate of drug-likeness (QED) is 0.675. The molecule has 1 aliphatic carbocycles. The lowest BCUT2D eigenvalue weighted by atomic mass is 9.82. The van der Waals surface area contributed by atoms with Crippen molar-refractivity contribution in [2.75, 3.05) is 17.2 Å². The summed E-state index contributed by atoms with van der Waals surface area (Å²) in [6, 6.07) is 8.02. The fourth-order valence-corrected chi connectivity index (χ4v) is 4.29. The van der Waals surface area contributed by atoms with Crippen molar-refractivity contribution in [3.05, 3.63) is 56.2 Å². The van der Waals surface area contributed by atoms with E-state index < -0.39 is 11.2 Å². The molecule has 1 aromatic heterocycles. The van der Waals surface area contributed by atoms with E-state index in [-0.39, 0.29) is 23.3 Å². The number of carbonyl (C=O) groups is 1. The maximum Gasteiger partial charge on any atom is 0.330 e. The Bertz CT molecular complexity index is 1040. The van der Waals surface area contributed by atoms with Crippen LogP contribution in [0.2, 0.25) is 0 Å². The van der Waals surface area contributed by atoms with E-state index in [9.17, 15) is 14.4 Å². The Labute approximate surface area is 183 Å². The number of nitrogens with zero attached hydrogens (tertiary/aromatic N) is 2. The first-order chi connectivity index (χ1) is 14.8. The minimum atomic E-state index is -0.601. The van der Waals surface area contributed by atoms with Crippen LogP contribution >= 0.6 is 0 Å². The molecule has 7 nitrogen and oxygen atoms in total. The summed E-state index contributed by atoms with van der Waals surface area (Å²) in [5.41, 5.74) is 7.53. The number of hydrogen-bond acceptors (Lipinski definition) is 4. The van der Waals surface area contributed by atoms with Crippen LogP contribution < -0.4 is 21.9 Å². The van der Waals surface area contributed by atoms with E-state index in [1.54, 1.807) is 0 Å². The first-order valence-electron chi connectivity index (χ1n) is 11.4. The molecule has 1 unspecified atom stereocenters. The van der Waals surface area contributed by atoms with Crippen molar-refractivity contribution in [2.45, 2.75) is 71.8 Å². The van der Waals surface area contributed by atoms with Crippen LogP contribution in [0.25, 0.3) is 0 Å². The van der Waals surface area contributed by atoms with Crippen LogP contribution in [0.1, 0.15) is 69.9 Å². The number of unbranched alkanes of at least 4 members (excludes halogenated alkanes) is 1. The van der Waals surface area contributed by atoms with Crippen LogP contribution in [-0.4, -0.2) is 22.0 Å². The molecule has 31 heavy (non-hydrogen) atoms. The largest absolute Gasteiger partial charge is 0.383 e. The monoisotopic (exact) mass is 426 g/mol. The molecule has 1 atom stereocenters. The first kappa shape index (κ1) is 22.8. The van der Waals surface area contributed by atoms with Gasteiger partial charge in [0.2, 0.25) is 5.91 Å². The molecule has 0 spiro atoms. The highest BCUT2D eigenvalue weighted by Gasteiger charge is 2.33. The summed E-state index contributed by atoms with van der Waals surface area (Å²) in [6.45, 7) is 6.97. The van der Waals surface area contributed by atoms with Gasteiger partial charge in [-0.05, 0) is 49.1 Å². The Morgan fingerprint density at radius 3 is 2.74 bits per heavy atom. The van der Waals surface area contributed by atoms with Crippen molar-refractivity contribution in [3.63, 3.8) is 0 Å². The van der Waals surface area contributed by atoms with Gasteiger partial charge in [-0.2, -0.15) is 0 Å². The van der Waals surface area contributed by atoms with Crippen LogP contribution in [0.3, 0.4) is 0 Å². The van der Waals surface area contributed by atoms with Crippen molar-refractivity contribution in [1.29, 1.82) is 0 Å². The lowest BCUT2D eigenvalue weighted by molar-refractivity contribution is -0.120. The average molecular weight is 427 g/mol.